The molecule has 0 aromatic heterocycles. The fourth-order valence-electron chi connectivity index (χ4n) is 2.63. The number of anilines is 1. The third kappa shape index (κ3) is 2.35. The average molecular weight is 244 g/mol. The van der Waals surface area contributed by atoms with Crippen LogP contribution in [0.1, 0.15) is 35.7 Å². The van der Waals surface area contributed by atoms with E-state index in [1.54, 1.807) is 0 Å². The van der Waals surface area contributed by atoms with Crippen molar-refractivity contribution in [2.75, 3.05) is 18.4 Å². The van der Waals surface area contributed by atoms with E-state index >= 15 is 0 Å². The molecule has 1 aliphatic heterocycles. The van der Waals surface area contributed by atoms with Gasteiger partial charge in [-0.2, -0.15) is 0 Å². The molecule has 0 saturated heterocycles. The zero-order chi connectivity index (χ0) is 12.5. The van der Waals surface area contributed by atoms with Crippen LogP contribution in [-0.2, 0) is 6.42 Å². The molecule has 2 N–H and O–H groups in total. The van der Waals surface area contributed by atoms with Crippen LogP contribution in [0, 0.1) is 11.8 Å². The van der Waals surface area contributed by atoms with Gasteiger partial charge in [-0.3, -0.25) is 4.79 Å². The lowest BCUT2D eigenvalue weighted by molar-refractivity contribution is 0.0951. The molecule has 1 fully saturated rings. The first-order valence-electron chi connectivity index (χ1n) is 6.89. The normalized spacial score (nSPS) is 24.9. The summed E-state index contributed by atoms with van der Waals surface area (Å²) in [6.07, 6.45) is 3.48. The van der Waals surface area contributed by atoms with Crippen LogP contribution in [-0.4, -0.2) is 19.0 Å². The maximum Gasteiger partial charge on any atom is 0.251 e. The van der Waals surface area contributed by atoms with Gasteiger partial charge in [-0.1, -0.05) is 6.92 Å². The van der Waals surface area contributed by atoms with Gasteiger partial charge < -0.3 is 10.6 Å². The number of nitrogens with one attached hydrogen (secondary N) is 2. The van der Waals surface area contributed by atoms with Gasteiger partial charge >= 0.3 is 0 Å². The molecule has 2 atom stereocenters. The summed E-state index contributed by atoms with van der Waals surface area (Å²) in [4.78, 5) is 12.0. The van der Waals surface area contributed by atoms with E-state index in [0.29, 0.717) is 5.92 Å². The monoisotopic (exact) mass is 244 g/mol. The second kappa shape index (κ2) is 4.63. The molecule has 3 nitrogen and oxygen atoms in total. The van der Waals surface area contributed by atoms with E-state index in [9.17, 15) is 4.79 Å². The van der Waals surface area contributed by atoms with Gasteiger partial charge in [0.2, 0.25) is 0 Å². The Kier molecular flexibility index (Phi) is 2.98. The number of amides is 1. The summed E-state index contributed by atoms with van der Waals surface area (Å²) >= 11 is 0. The number of carbonyl (C=O) groups is 1. The van der Waals surface area contributed by atoms with E-state index < -0.39 is 0 Å². The van der Waals surface area contributed by atoms with Crippen molar-refractivity contribution in [1.29, 1.82) is 0 Å². The van der Waals surface area contributed by atoms with Crippen molar-refractivity contribution in [3.8, 4) is 0 Å². The average Bonchev–Trinajstić information content (AvgIpc) is 3.11. The highest BCUT2D eigenvalue weighted by Gasteiger charge is 2.32. The van der Waals surface area contributed by atoms with E-state index in [0.717, 1.165) is 37.4 Å². The molecule has 18 heavy (non-hydrogen) atoms. The van der Waals surface area contributed by atoms with Crippen LogP contribution >= 0.6 is 0 Å². The molecule has 0 radical (unpaired) electrons. The van der Waals surface area contributed by atoms with Crippen LogP contribution in [0.5, 0.6) is 0 Å². The Labute approximate surface area is 108 Å². The molecule has 1 aliphatic carbocycles. The Hall–Kier alpha value is -1.51. The van der Waals surface area contributed by atoms with E-state index in [-0.39, 0.29) is 5.91 Å². The minimum Gasteiger partial charge on any atom is -0.385 e. The van der Waals surface area contributed by atoms with E-state index in [1.165, 1.54) is 17.7 Å². The molecule has 1 aromatic carbocycles. The highest BCUT2D eigenvalue weighted by Crippen LogP contribution is 2.36. The molecular weight excluding hydrogens is 224 g/mol. The fourth-order valence-corrected chi connectivity index (χ4v) is 2.63. The highest BCUT2D eigenvalue weighted by atomic mass is 16.1. The van der Waals surface area contributed by atoms with Gasteiger partial charge in [-0.15, -0.1) is 0 Å². The van der Waals surface area contributed by atoms with Crippen LogP contribution in [0.15, 0.2) is 18.2 Å². The molecule has 3 heteroatoms. The van der Waals surface area contributed by atoms with Crippen LogP contribution in [0.3, 0.4) is 0 Å². The van der Waals surface area contributed by atoms with Crippen molar-refractivity contribution in [3.05, 3.63) is 29.3 Å². The molecule has 3 rings (SSSR count). The van der Waals surface area contributed by atoms with Crippen LogP contribution in [0.2, 0.25) is 0 Å². The molecule has 0 spiro atoms. The van der Waals surface area contributed by atoms with Gasteiger partial charge in [0.25, 0.3) is 5.91 Å². The Balaban J connectivity index is 1.65. The van der Waals surface area contributed by atoms with E-state index in [1.807, 2.05) is 18.2 Å². The smallest absolute Gasteiger partial charge is 0.251 e. The summed E-state index contributed by atoms with van der Waals surface area (Å²) in [6, 6.07) is 5.99. The minimum absolute atomic E-state index is 0.0717. The number of rotatable bonds is 3. The summed E-state index contributed by atoms with van der Waals surface area (Å²) in [6.45, 7) is 4.11. The van der Waals surface area contributed by atoms with Crippen LogP contribution in [0.4, 0.5) is 5.69 Å². The molecule has 1 aromatic rings. The highest BCUT2D eigenvalue weighted by molar-refractivity contribution is 5.95. The Morgan fingerprint density at radius 3 is 3.11 bits per heavy atom. The molecule has 0 bridgehead atoms. The Bertz CT molecular complexity index is 470. The lowest BCUT2D eigenvalue weighted by Crippen LogP contribution is -2.26. The quantitative estimate of drug-likeness (QED) is 0.857. The minimum atomic E-state index is 0.0717. The summed E-state index contributed by atoms with van der Waals surface area (Å²) in [5.74, 6) is 1.56. The summed E-state index contributed by atoms with van der Waals surface area (Å²) in [7, 11) is 0. The van der Waals surface area contributed by atoms with Crippen molar-refractivity contribution in [1.82, 2.24) is 5.32 Å². The maximum atomic E-state index is 12.0. The Morgan fingerprint density at radius 2 is 2.33 bits per heavy atom. The maximum absolute atomic E-state index is 12.0. The zero-order valence-corrected chi connectivity index (χ0v) is 10.8. The first-order chi connectivity index (χ1) is 8.74. The third-order valence-corrected chi connectivity index (χ3v) is 4.11. The number of carbonyl (C=O) groups excluding carboxylic acids is 1. The van der Waals surface area contributed by atoms with Gasteiger partial charge in [0.15, 0.2) is 0 Å². The largest absolute Gasteiger partial charge is 0.385 e. The predicted molar refractivity (Wildman–Crippen MR) is 72.9 cm³/mol. The van der Waals surface area contributed by atoms with Crippen molar-refractivity contribution < 1.29 is 4.79 Å². The zero-order valence-electron chi connectivity index (χ0n) is 10.8. The van der Waals surface area contributed by atoms with Gasteiger partial charge in [0.05, 0.1) is 0 Å². The van der Waals surface area contributed by atoms with Crippen molar-refractivity contribution in [2.45, 2.75) is 26.2 Å². The molecule has 1 saturated carbocycles. The van der Waals surface area contributed by atoms with Crippen molar-refractivity contribution in [2.24, 2.45) is 11.8 Å². The topological polar surface area (TPSA) is 41.1 Å². The predicted octanol–water partition coefficient (Wildman–Crippen LogP) is 2.43. The van der Waals surface area contributed by atoms with Gasteiger partial charge in [-0.25, -0.2) is 0 Å². The number of benzene rings is 1. The second-order valence-electron chi connectivity index (χ2n) is 5.59. The van der Waals surface area contributed by atoms with Gasteiger partial charge in [-0.05, 0) is 54.9 Å². The number of hydrogen-bond donors (Lipinski definition) is 2. The second-order valence-corrected chi connectivity index (χ2v) is 5.59. The summed E-state index contributed by atoms with van der Waals surface area (Å²) in [5.41, 5.74) is 3.26. The fraction of sp³-hybridized carbons (Fsp3) is 0.533. The SMILES string of the molecule is CC1CC1CNC(=O)c1ccc2c(c1)CCCN2. The summed E-state index contributed by atoms with van der Waals surface area (Å²) < 4.78 is 0. The number of fused-ring (bicyclic) bond motifs is 1. The lowest BCUT2D eigenvalue weighted by Gasteiger charge is -2.18. The van der Waals surface area contributed by atoms with Gasteiger partial charge in [0.1, 0.15) is 0 Å². The first kappa shape index (κ1) is 11.6. The molecule has 1 heterocycles. The molecule has 96 valence electrons. The van der Waals surface area contributed by atoms with Crippen LogP contribution < -0.4 is 10.6 Å². The van der Waals surface area contributed by atoms with E-state index in [2.05, 4.69) is 17.6 Å². The number of hydrogen-bond acceptors (Lipinski definition) is 2. The Morgan fingerprint density at radius 1 is 1.50 bits per heavy atom. The summed E-state index contributed by atoms with van der Waals surface area (Å²) in [5, 5.41) is 6.40. The first-order valence-corrected chi connectivity index (χ1v) is 6.89. The molecule has 2 unspecified atom stereocenters. The number of aryl methyl sites for hydroxylation is 1. The molecule has 1 amide bonds. The lowest BCUT2D eigenvalue weighted by atomic mass is 10.0. The molecule has 2 aliphatic rings. The van der Waals surface area contributed by atoms with E-state index in [4.69, 9.17) is 0 Å². The third-order valence-electron chi connectivity index (χ3n) is 4.11. The van der Waals surface area contributed by atoms with Gasteiger partial charge in [0, 0.05) is 24.3 Å². The standard InChI is InChI=1S/C15H20N2O/c1-10-7-13(10)9-17-15(18)12-4-5-14-11(8-12)3-2-6-16-14/h4-5,8,10,13,16H,2-3,6-7,9H2,1H3,(H,17,18). The molecular formula is C15H20N2O. The van der Waals surface area contributed by atoms with Crippen molar-refractivity contribution >= 4 is 11.6 Å². The van der Waals surface area contributed by atoms with Crippen LogP contribution in [0.25, 0.3) is 0 Å². The van der Waals surface area contributed by atoms with Crippen molar-refractivity contribution in [3.63, 3.8) is 0 Å².